The molecule has 4 rings (SSSR count). The van der Waals surface area contributed by atoms with Gasteiger partial charge < -0.3 is 14.6 Å². The monoisotopic (exact) mass is 530 g/mol. The van der Waals surface area contributed by atoms with Gasteiger partial charge in [0, 0.05) is 41.1 Å². The van der Waals surface area contributed by atoms with Crippen molar-refractivity contribution < 1.29 is 22.7 Å². The minimum Gasteiger partial charge on any atom is -0.462 e. The number of fused-ring (bicyclic) bond motifs is 1. The SMILES string of the molecule is CC(NC(=O)C(C)(C)Oc1ccc(C(F)(F)F)cn1)C(Cc1ccc(Cl)cc1)n1ccc2cccnc21. The number of amides is 1. The van der Waals surface area contributed by atoms with Gasteiger partial charge in [0.25, 0.3) is 5.91 Å². The van der Waals surface area contributed by atoms with Crippen molar-refractivity contribution in [1.82, 2.24) is 19.9 Å². The number of aromatic nitrogens is 3. The van der Waals surface area contributed by atoms with E-state index in [0.717, 1.165) is 28.7 Å². The maximum absolute atomic E-state index is 13.3. The zero-order valence-electron chi connectivity index (χ0n) is 20.5. The van der Waals surface area contributed by atoms with E-state index in [2.05, 4.69) is 15.3 Å². The number of halogens is 4. The van der Waals surface area contributed by atoms with Crippen LogP contribution in [0.4, 0.5) is 13.2 Å². The molecular formula is C27H26ClF3N4O2. The molecule has 0 aliphatic heterocycles. The maximum atomic E-state index is 13.3. The van der Waals surface area contributed by atoms with Crippen molar-refractivity contribution >= 4 is 28.5 Å². The zero-order chi connectivity index (χ0) is 26.8. The van der Waals surface area contributed by atoms with Crippen LogP contribution < -0.4 is 10.1 Å². The van der Waals surface area contributed by atoms with Crippen LogP contribution in [0.25, 0.3) is 11.0 Å². The first-order valence-corrected chi connectivity index (χ1v) is 12.0. The molecule has 0 saturated heterocycles. The summed E-state index contributed by atoms with van der Waals surface area (Å²) in [6.07, 6.45) is 0.410. The summed E-state index contributed by atoms with van der Waals surface area (Å²) in [5.74, 6) is -0.522. The summed E-state index contributed by atoms with van der Waals surface area (Å²) in [5.41, 5.74) is -0.485. The van der Waals surface area contributed by atoms with Crippen molar-refractivity contribution in [3.05, 3.63) is 89.3 Å². The lowest BCUT2D eigenvalue weighted by Crippen LogP contribution is -2.51. The molecule has 6 nitrogen and oxygen atoms in total. The van der Waals surface area contributed by atoms with Gasteiger partial charge >= 0.3 is 6.18 Å². The molecular weight excluding hydrogens is 505 g/mol. The number of rotatable bonds is 8. The minimum atomic E-state index is -4.51. The van der Waals surface area contributed by atoms with Crippen LogP contribution in [0, 0.1) is 0 Å². The van der Waals surface area contributed by atoms with Gasteiger partial charge in [0.2, 0.25) is 5.88 Å². The summed E-state index contributed by atoms with van der Waals surface area (Å²) in [6, 6.07) is 14.7. The molecule has 1 N–H and O–H groups in total. The van der Waals surface area contributed by atoms with E-state index in [1.54, 1.807) is 6.20 Å². The van der Waals surface area contributed by atoms with Crippen LogP contribution in [0.3, 0.4) is 0 Å². The number of pyridine rings is 2. The van der Waals surface area contributed by atoms with Crippen LogP contribution in [0.1, 0.15) is 37.9 Å². The van der Waals surface area contributed by atoms with Crippen LogP contribution >= 0.6 is 11.6 Å². The number of carbonyl (C=O) groups excluding carboxylic acids is 1. The highest BCUT2D eigenvalue weighted by atomic mass is 35.5. The van der Waals surface area contributed by atoms with Crippen LogP contribution in [0.15, 0.2) is 73.2 Å². The van der Waals surface area contributed by atoms with E-state index in [1.165, 1.54) is 13.8 Å². The molecule has 0 aliphatic rings. The fraction of sp³-hybridized carbons (Fsp3) is 0.296. The fourth-order valence-corrected chi connectivity index (χ4v) is 4.15. The normalized spacial score (nSPS) is 13.8. The first-order valence-electron chi connectivity index (χ1n) is 11.6. The molecule has 0 spiro atoms. The predicted molar refractivity (Wildman–Crippen MR) is 135 cm³/mol. The molecule has 10 heteroatoms. The Kier molecular flexibility index (Phi) is 7.45. The van der Waals surface area contributed by atoms with Crippen molar-refractivity contribution in [2.45, 2.75) is 51.1 Å². The summed E-state index contributed by atoms with van der Waals surface area (Å²) >= 11 is 6.06. The average molecular weight is 531 g/mol. The molecule has 1 aromatic carbocycles. The summed E-state index contributed by atoms with van der Waals surface area (Å²) in [5, 5.41) is 4.62. The summed E-state index contributed by atoms with van der Waals surface area (Å²) < 4.78 is 46.2. The minimum absolute atomic E-state index is 0.0841. The molecule has 2 atom stereocenters. The predicted octanol–water partition coefficient (Wildman–Crippen LogP) is 6.25. The second-order valence-electron chi connectivity index (χ2n) is 9.29. The van der Waals surface area contributed by atoms with E-state index in [0.29, 0.717) is 17.6 Å². The van der Waals surface area contributed by atoms with Gasteiger partial charge in [-0.15, -0.1) is 0 Å². The third-order valence-electron chi connectivity index (χ3n) is 6.10. The van der Waals surface area contributed by atoms with Gasteiger partial charge in [-0.1, -0.05) is 23.7 Å². The van der Waals surface area contributed by atoms with Crippen molar-refractivity contribution in [2.24, 2.45) is 0 Å². The Morgan fingerprint density at radius 3 is 2.46 bits per heavy atom. The summed E-state index contributed by atoms with van der Waals surface area (Å²) in [4.78, 5) is 21.5. The number of carbonyl (C=O) groups is 1. The highest BCUT2D eigenvalue weighted by molar-refractivity contribution is 6.30. The largest absolute Gasteiger partial charge is 0.462 e. The third kappa shape index (κ3) is 6.22. The van der Waals surface area contributed by atoms with Crippen molar-refractivity contribution in [1.29, 1.82) is 0 Å². The Bertz CT molecular complexity index is 1370. The molecule has 0 fully saturated rings. The van der Waals surface area contributed by atoms with Crippen molar-refractivity contribution in [2.75, 3.05) is 0 Å². The van der Waals surface area contributed by atoms with Crippen LogP contribution in [0.5, 0.6) is 5.88 Å². The van der Waals surface area contributed by atoms with Gasteiger partial charge in [-0.2, -0.15) is 13.2 Å². The quantitative estimate of drug-likeness (QED) is 0.292. The molecule has 3 heterocycles. The molecule has 37 heavy (non-hydrogen) atoms. The number of hydrogen-bond acceptors (Lipinski definition) is 4. The molecule has 3 aromatic heterocycles. The number of hydrogen-bond donors (Lipinski definition) is 1. The Labute approximate surface area is 217 Å². The van der Waals surface area contributed by atoms with E-state index >= 15 is 0 Å². The molecule has 0 bridgehead atoms. The summed E-state index contributed by atoms with van der Waals surface area (Å²) in [7, 11) is 0. The molecule has 0 aliphatic carbocycles. The average Bonchev–Trinajstić information content (AvgIpc) is 3.27. The van der Waals surface area contributed by atoms with Gasteiger partial charge in [-0.3, -0.25) is 4.79 Å². The number of nitrogens with one attached hydrogen (secondary N) is 1. The van der Waals surface area contributed by atoms with Crippen molar-refractivity contribution in [3.63, 3.8) is 0 Å². The van der Waals surface area contributed by atoms with Gasteiger partial charge in [-0.25, -0.2) is 9.97 Å². The lowest BCUT2D eigenvalue weighted by molar-refractivity contribution is -0.138. The Morgan fingerprint density at radius 2 is 1.81 bits per heavy atom. The van der Waals surface area contributed by atoms with E-state index in [4.69, 9.17) is 16.3 Å². The summed E-state index contributed by atoms with van der Waals surface area (Å²) in [6.45, 7) is 4.96. The number of benzene rings is 1. The first-order chi connectivity index (χ1) is 17.4. The highest BCUT2D eigenvalue weighted by Gasteiger charge is 2.35. The second-order valence-corrected chi connectivity index (χ2v) is 9.73. The third-order valence-corrected chi connectivity index (χ3v) is 6.35. The zero-order valence-corrected chi connectivity index (χ0v) is 21.2. The Balaban J connectivity index is 1.55. The molecule has 4 aromatic rings. The number of nitrogens with zero attached hydrogens (tertiary/aromatic N) is 3. The molecule has 0 radical (unpaired) electrons. The second kappa shape index (κ2) is 10.4. The van der Waals surface area contributed by atoms with Crippen LogP contribution in [-0.4, -0.2) is 32.1 Å². The number of ether oxygens (including phenoxy) is 1. The lowest BCUT2D eigenvalue weighted by Gasteiger charge is -2.31. The van der Waals surface area contributed by atoms with E-state index < -0.39 is 23.2 Å². The van der Waals surface area contributed by atoms with Gasteiger partial charge in [0.05, 0.1) is 11.6 Å². The standard InChI is InChI=1S/C27H26ClF3N4O2/c1-17(34-25(36)26(2,3)37-23-11-8-20(16-33-23)27(29,30)31)22(15-18-6-9-21(28)10-7-18)35-14-12-19-5-4-13-32-24(19)35/h4-14,16-17,22H,15H2,1-3H3,(H,34,36). The molecule has 0 saturated carbocycles. The van der Waals surface area contributed by atoms with Crippen LogP contribution in [-0.2, 0) is 17.4 Å². The van der Waals surface area contributed by atoms with Crippen molar-refractivity contribution in [3.8, 4) is 5.88 Å². The molecule has 2 unspecified atom stereocenters. The first kappa shape index (κ1) is 26.5. The molecule has 194 valence electrons. The van der Waals surface area contributed by atoms with Gasteiger partial charge in [-0.05, 0) is 69.2 Å². The lowest BCUT2D eigenvalue weighted by atomic mass is 9.99. The Hall–Kier alpha value is -3.59. The highest BCUT2D eigenvalue weighted by Crippen LogP contribution is 2.30. The van der Waals surface area contributed by atoms with E-state index in [1.807, 2.05) is 60.2 Å². The van der Waals surface area contributed by atoms with Gasteiger partial charge in [0.15, 0.2) is 5.60 Å². The maximum Gasteiger partial charge on any atom is 0.417 e. The van der Waals surface area contributed by atoms with E-state index in [9.17, 15) is 18.0 Å². The van der Waals surface area contributed by atoms with E-state index in [-0.39, 0.29) is 18.0 Å². The van der Waals surface area contributed by atoms with Gasteiger partial charge in [0.1, 0.15) is 5.65 Å². The molecule has 1 amide bonds. The number of alkyl halides is 3. The fourth-order valence-electron chi connectivity index (χ4n) is 4.02. The van der Waals surface area contributed by atoms with Crippen LogP contribution in [0.2, 0.25) is 5.02 Å². The topological polar surface area (TPSA) is 69.0 Å². The Morgan fingerprint density at radius 1 is 1.08 bits per heavy atom. The smallest absolute Gasteiger partial charge is 0.417 e.